The number of hydrogen-bond donors (Lipinski definition) is 1. The number of halogens is 3. The number of aromatic nitrogens is 1. The van der Waals surface area contributed by atoms with Crippen molar-refractivity contribution in [1.82, 2.24) is 4.98 Å². The van der Waals surface area contributed by atoms with E-state index in [1.54, 1.807) is 12.1 Å². The molecule has 0 spiro atoms. The van der Waals surface area contributed by atoms with Gasteiger partial charge in [-0.3, -0.25) is 4.79 Å². The Morgan fingerprint density at radius 3 is 2.82 bits per heavy atom. The number of amidine groups is 1. The lowest BCUT2D eigenvalue weighted by molar-refractivity contribution is -0.152. The Labute approximate surface area is 133 Å². The summed E-state index contributed by atoms with van der Waals surface area (Å²) in [5.41, 5.74) is 5.99. The van der Waals surface area contributed by atoms with Crippen LogP contribution in [0.5, 0.6) is 5.88 Å². The van der Waals surface area contributed by atoms with Gasteiger partial charge in [-0.2, -0.15) is 0 Å². The fourth-order valence-electron chi connectivity index (χ4n) is 1.93. The molecule has 6 nitrogen and oxygen atoms in total. The number of carbonyl (C=O) groups excluding carboxylic acids is 1. The third kappa shape index (κ3) is 3.90. The molecule has 0 bridgehead atoms. The number of nitrogens with zero attached hydrogens (tertiary/aromatic N) is 2. The van der Waals surface area contributed by atoms with E-state index in [2.05, 4.69) is 26.1 Å². The highest BCUT2D eigenvalue weighted by Gasteiger charge is 2.48. The molecule has 0 atom stereocenters. The van der Waals surface area contributed by atoms with Crippen LogP contribution in [0.1, 0.15) is 18.5 Å². The molecule has 1 saturated carbocycles. The summed E-state index contributed by atoms with van der Waals surface area (Å²) in [7, 11) is 1.45. The molecular weight excluding hydrogens is 364 g/mol. The molecule has 1 fully saturated rings. The van der Waals surface area contributed by atoms with E-state index in [9.17, 15) is 13.6 Å². The quantitative estimate of drug-likeness (QED) is 0.466. The van der Waals surface area contributed by atoms with Gasteiger partial charge in [-0.05, 0) is 28.1 Å². The largest absolute Gasteiger partial charge is 0.480 e. The van der Waals surface area contributed by atoms with E-state index >= 15 is 0 Å². The van der Waals surface area contributed by atoms with E-state index in [0.717, 1.165) is 0 Å². The zero-order valence-corrected chi connectivity index (χ0v) is 13.3. The summed E-state index contributed by atoms with van der Waals surface area (Å²) < 4.78 is 31.0. The fourth-order valence-corrected chi connectivity index (χ4v) is 2.31. The lowest BCUT2D eigenvalue weighted by Crippen LogP contribution is -2.41. The van der Waals surface area contributed by atoms with Gasteiger partial charge in [-0.1, -0.05) is 5.16 Å². The van der Waals surface area contributed by atoms with Crippen molar-refractivity contribution in [2.45, 2.75) is 18.8 Å². The van der Waals surface area contributed by atoms with Crippen molar-refractivity contribution < 1.29 is 23.1 Å². The standard InChI is InChI=1S/C13H14BrF2N3O3/c1-21-12-8(14)2-3-9(18-12)11(17)19-22-6-10(20)7-4-13(15,16)5-7/h2-3,7H,4-6H2,1H3,(H2,17,19). The van der Waals surface area contributed by atoms with Gasteiger partial charge in [0.1, 0.15) is 5.69 Å². The Balaban J connectivity index is 1.89. The van der Waals surface area contributed by atoms with E-state index < -0.39 is 37.1 Å². The Bertz CT molecular complexity index is 602. The number of alkyl halides is 2. The highest BCUT2D eigenvalue weighted by atomic mass is 79.9. The van der Waals surface area contributed by atoms with Gasteiger partial charge < -0.3 is 15.3 Å². The molecule has 0 aliphatic heterocycles. The van der Waals surface area contributed by atoms with Crippen LogP contribution < -0.4 is 10.5 Å². The highest BCUT2D eigenvalue weighted by Crippen LogP contribution is 2.42. The predicted octanol–water partition coefficient (Wildman–Crippen LogP) is 2.10. The van der Waals surface area contributed by atoms with E-state index in [-0.39, 0.29) is 5.84 Å². The van der Waals surface area contributed by atoms with Crippen molar-refractivity contribution in [3.63, 3.8) is 0 Å². The summed E-state index contributed by atoms with van der Waals surface area (Å²) in [5, 5.41) is 3.57. The minimum absolute atomic E-state index is 0.0439. The van der Waals surface area contributed by atoms with Crippen LogP contribution in [0.4, 0.5) is 8.78 Å². The van der Waals surface area contributed by atoms with Gasteiger partial charge in [-0.15, -0.1) is 0 Å². The minimum Gasteiger partial charge on any atom is -0.480 e. The first kappa shape index (κ1) is 16.6. The minimum atomic E-state index is -2.74. The molecule has 120 valence electrons. The average molecular weight is 378 g/mol. The molecule has 0 amide bonds. The van der Waals surface area contributed by atoms with Crippen molar-refractivity contribution in [3.05, 3.63) is 22.3 Å². The van der Waals surface area contributed by atoms with Crippen molar-refractivity contribution in [3.8, 4) is 5.88 Å². The van der Waals surface area contributed by atoms with Gasteiger partial charge in [-0.25, -0.2) is 13.8 Å². The van der Waals surface area contributed by atoms with Crippen LogP contribution in [0.25, 0.3) is 0 Å². The molecule has 1 aliphatic rings. The van der Waals surface area contributed by atoms with Crippen molar-refractivity contribution >= 4 is 27.5 Å². The number of carbonyl (C=O) groups is 1. The van der Waals surface area contributed by atoms with Crippen LogP contribution in [-0.2, 0) is 9.63 Å². The second-order valence-corrected chi connectivity index (χ2v) is 5.72. The number of rotatable bonds is 6. The Kier molecular flexibility index (Phi) is 4.94. The number of nitrogens with two attached hydrogens (primary N) is 1. The number of oxime groups is 1. The molecule has 1 aromatic rings. The fraction of sp³-hybridized carbons (Fsp3) is 0.462. The Morgan fingerprint density at radius 2 is 2.23 bits per heavy atom. The van der Waals surface area contributed by atoms with Gasteiger partial charge in [0.15, 0.2) is 18.2 Å². The molecule has 0 unspecified atom stereocenters. The van der Waals surface area contributed by atoms with Crippen molar-refractivity contribution in [1.29, 1.82) is 0 Å². The molecule has 9 heteroatoms. The highest BCUT2D eigenvalue weighted by molar-refractivity contribution is 9.10. The first-order valence-electron chi connectivity index (χ1n) is 6.39. The van der Waals surface area contributed by atoms with Gasteiger partial charge >= 0.3 is 0 Å². The predicted molar refractivity (Wildman–Crippen MR) is 77.8 cm³/mol. The molecule has 22 heavy (non-hydrogen) atoms. The maximum Gasteiger partial charge on any atom is 0.249 e. The van der Waals surface area contributed by atoms with Crippen LogP contribution in [-0.4, -0.2) is 36.2 Å². The number of ether oxygens (including phenoxy) is 1. The molecule has 1 aromatic heterocycles. The number of hydrogen-bond acceptors (Lipinski definition) is 5. The molecular formula is C13H14BrF2N3O3. The Morgan fingerprint density at radius 1 is 1.55 bits per heavy atom. The van der Waals surface area contributed by atoms with Crippen LogP contribution in [0, 0.1) is 5.92 Å². The van der Waals surface area contributed by atoms with Crippen LogP contribution in [0.2, 0.25) is 0 Å². The van der Waals surface area contributed by atoms with Gasteiger partial charge in [0.2, 0.25) is 11.8 Å². The van der Waals surface area contributed by atoms with E-state index in [0.29, 0.717) is 16.0 Å². The zero-order valence-electron chi connectivity index (χ0n) is 11.7. The van der Waals surface area contributed by atoms with Crippen molar-refractivity contribution in [2.24, 2.45) is 16.8 Å². The zero-order chi connectivity index (χ0) is 16.3. The monoisotopic (exact) mass is 377 g/mol. The van der Waals surface area contributed by atoms with Crippen LogP contribution in [0.3, 0.4) is 0 Å². The first-order valence-corrected chi connectivity index (χ1v) is 7.18. The number of ketones is 1. The van der Waals surface area contributed by atoms with Gasteiger partial charge in [0, 0.05) is 18.8 Å². The summed E-state index contributed by atoms with van der Waals surface area (Å²) in [6, 6.07) is 3.26. The molecule has 0 aromatic carbocycles. The smallest absolute Gasteiger partial charge is 0.249 e. The number of methoxy groups -OCH3 is 1. The first-order chi connectivity index (χ1) is 10.3. The van der Waals surface area contributed by atoms with E-state index in [1.807, 2.05) is 0 Å². The van der Waals surface area contributed by atoms with E-state index in [4.69, 9.17) is 15.3 Å². The molecule has 0 saturated heterocycles. The van der Waals surface area contributed by atoms with E-state index in [1.165, 1.54) is 7.11 Å². The molecule has 0 radical (unpaired) electrons. The lowest BCUT2D eigenvalue weighted by Gasteiger charge is -2.33. The summed E-state index contributed by atoms with van der Waals surface area (Å²) in [4.78, 5) is 20.5. The topological polar surface area (TPSA) is 86.8 Å². The molecule has 1 heterocycles. The van der Waals surface area contributed by atoms with Crippen molar-refractivity contribution in [2.75, 3.05) is 13.7 Å². The number of Topliss-reactive ketones (excluding diaryl/α,β-unsaturated/α-hetero) is 1. The summed E-state index contributed by atoms with van der Waals surface area (Å²) >= 11 is 3.25. The number of pyridine rings is 1. The summed E-state index contributed by atoms with van der Waals surface area (Å²) in [6.45, 7) is -0.394. The average Bonchev–Trinajstić information content (AvgIpc) is 2.44. The SMILES string of the molecule is COc1nc(/C(N)=N/OCC(=O)C2CC(F)(F)C2)ccc1Br. The summed E-state index contributed by atoms with van der Waals surface area (Å²) in [5.74, 6) is -3.54. The summed E-state index contributed by atoms with van der Waals surface area (Å²) in [6.07, 6.45) is -0.861. The molecule has 2 rings (SSSR count). The second kappa shape index (κ2) is 6.55. The Hall–Kier alpha value is -1.77. The lowest BCUT2D eigenvalue weighted by atomic mass is 9.79. The molecule has 2 N–H and O–H groups in total. The second-order valence-electron chi connectivity index (χ2n) is 4.86. The molecule has 1 aliphatic carbocycles. The normalized spacial score (nSPS) is 17.7. The maximum absolute atomic E-state index is 12.7. The van der Waals surface area contributed by atoms with Crippen LogP contribution in [0.15, 0.2) is 21.8 Å². The third-order valence-corrected chi connectivity index (χ3v) is 3.79. The third-order valence-electron chi connectivity index (χ3n) is 3.18. The van der Waals surface area contributed by atoms with Gasteiger partial charge in [0.05, 0.1) is 11.6 Å². The van der Waals surface area contributed by atoms with Gasteiger partial charge in [0.25, 0.3) is 0 Å². The van der Waals surface area contributed by atoms with Crippen LogP contribution >= 0.6 is 15.9 Å². The maximum atomic E-state index is 12.7.